The van der Waals surface area contributed by atoms with E-state index in [1.165, 1.54) is 30.1 Å². The van der Waals surface area contributed by atoms with Crippen LogP contribution in [0.3, 0.4) is 0 Å². The number of halogens is 1. The van der Waals surface area contributed by atoms with Crippen LogP contribution in [0.15, 0.2) is 56.9 Å². The van der Waals surface area contributed by atoms with Crippen LogP contribution in [-0.2, 0) is 14.9 Å². The molecule has 0 unspecified atom stereocenters. The minimum Gasteiger partial charge on any atom is -0.477 e. The van der Waals surface area contributed by atoms with Crippen LogP contribution >= 0.6 is 15.9 Å². The maximum absolute atomic E-state index is 12.6. The molecule has 2 rings (SSSR count). The maximum Gasteiger partial charge on any atom is 0.351 e. The van der Waals surface area contributed by atoms with Crippen LogP contribution in [-0.4, -0.2) is 31.8 Å². The number of anilines is 1. The van der Waals surface area contributed by atoms with Crippen molar-refractivity contribution in [3.8, 4) is 5.75 Å². The van der Waals surface area contributed by atoms with Gasteiger partial charge in [-0.25, -0.2) is 4.79 Å². The van der Waals surface area contributed by atoms with Crippen molar-refractivity contribution in [1.29, 1.82) is 0 Å². The summed E-state index contributed by atoms with van der Waals surface area (Å²) in [5.74, 6) is -1.13. The summed E-state index contributed by atoms with van der Waals surface area (Å²) in [6.07, 6.45) is 0. The zero-order chi connectivity index (χ0) is 20.2. The lowest BCUT2D eigenvalue weighted by Crippen LogP contribution is -2.22. The van der Waals surface area contributed by atoms with E-state index in [-0.39, 0.29) is 16.4 Å². The second kappa shape index (κ2) is 8.53. The first-order chi connectivity index (χ1) is 12.6. The minimum absolute atomic E-state index is 0.0206. The summed E-state index contributed by atoms with van der Waals surface area (Å²) in [6, 6.07) is 11.1. The molecule has 0 aromatic heterocycles. The number of rotatable bonds is 7. The van der Waals surface area contributed by atoms with E-state index in [9.17, 15) is 13.2 Å². The average Bonchev–Trinajstić information content (AvgIpc) is 2.60. The first-order valence-corrected chi connectivity index (χ1v) is 10.2. The molecule has 0 fully saturated rings. The summed E-state index contributed by atoms with van der Waals surface area (Å²) in [7, 11) is -4.07. The molecule has 0 spiro atoms. The Labute approximate surface area is 166 Å². The van der Waals surface area contributed by atoms with Gasteiger partial charge in [-0.05, 0) is 51.1 Å². The zero-order valence-corrected chi connectivity index (χ0v) is 17.4. The number of benzene rings is 2. The fourth-order valence-electron chi connectivity index (χ4n) is 2.16. The van der Waals surface area contributed by atoms with Crippen molar-refractivity contribution in [2.75, 3.05) is 11.6 Å². The number of carboxylic acids is 1. The van der Waals surface area contributed by atoms with E-state index in [0.717, 1.165) is 5.56 Å². The van der Waals surface area contributed by atoms with Gasteiger partial charge in [0, 0.05) is 11.0 Å². The second-order valence-corrected chi connectivity index (χ2v) is 8.13. The molecule has 0 amide bonds. The topological polar surface area (TPSA) is 96.3 Å². The summed E-state index contributed by atoms with van der Waals surface area (Å²) in [4.78, 5) is 11.1. The largest absolute Gasteiger partial charge is 0.477 e. The number of aliphatic carboxylic acids is 1. The van der Waals surface area contributed by atoms with Gasteiger partial charge in [-0.15, -0.1) is 0 Å². The highest BCUT2D eigenvalue weighted by atomic mass is 79.9. The molecule has 9 heteroatoms. The second-order valence-electron chi connectivity index (χ2n) is 5.67. The Hall–Kier alpha value is -2.39. The van der Waals surface area contributed by atoms with Gasteiger partial charge in [-0.3, -0.25) is 5.01 Å². The van der Waals surface area contributed by atoms with Crippen LogP contribution in [0.2, 0.25) is 0 Å². The van der Waals surface area contributed by atoms with E-state index < -0.39 is 16.1 Å². The Kier molecular flexibility index (Phi) is 6.61. The summed E-state index contributed by atoms with van der Waals surface area (Å²) in [5, 5.41) is 14.5. The lowest BCUT2D eigenvalue weighted by molar-refractivity contribution is -0.129. The number of nitrogens with zero attached hydrogens (tertiary/aromatic N) is 2. The Balaban J connectivity index is 2.48. The highest BCUT2D eigenvalue weighted by Gasteiger charge is 2.21. The zero-order valence-electron chi connectivity index (χ0n) is 15.0. The van der Waals surface area contributed by atoms with E-state index in [1.807, 2.05) is 6.92 Å². The average molecular weight is 455 g/mol. The van der Waals surface area contributed by atoms with Gasteiger partial charge in [-0.2, -0.15) is 13.5 Å². The quantitative estimate of drug-likeness (QED) is 0.388. The van der Waals surface area contributed by atoms with Crippen molar-refractivity contribution in [1.82, 2.24) is 0 Å². The lowest BCUT2D eigenvalue weighted by atomic mass is 10.2. The van der Waals surface area contributed by atoms with E-state index in [1.54, 1.807) is 31.2 Å². The van der Waals surface area contributed by atoms with Crippen molar-refractivity contribution < 1.29 is 22.5 Å². The number of hydrogen-bond acceptors (Lipinski definition) is 6. The molecule has 0 radical (unpaired) electrons. The van der Waals surface area contributed by atoms with Crippen LogP contribution in [0.4, 0.5) is 5.69 Å². The molecule has 0 saturated carbocycles. The molecule has 27 heavy (non-hydrogen) atoms. The van der Waals surface area contributed by atoms with Gasteiger partial charge >= 0.3 is 16.1 Å². The number of carboxylic acid groups (broad SMARTS) is 1. The van der Waals surface area contributed by atoms with Gasteiger partial charge in [0.1, 0.15) is 16.3 Å². The van der Waals surface area contributed by atoms with Crippen LogP contribution in [0.5, 0.6) is 5.75 Å². The van der Waals surface area contributed by atoms with Gasteiger partial charge in [0.05, 0.1) is 0 Å². The maximum atomic E-state index is 12.6. The molecule has 0 heterocycles. The van der Waals surface area contributed by atoms with E-state index in [4.69, 9.17) is 9.29 Å². The van der Waals surface area contributed by atoms with E-state index >= 15 is 0 Å². The predicted octanol–water partition coefficient (Wildman–Crippen LogP) is 3.81. The van der Waals surface area contributed by atoms with Gasteiger partial charge in [0.2, 0.25) is 0 Å². The third-order valence-corrected chi connectivity index (χ3v) is 5.33. The molecule has 2 aromatic rings. The highest BCUT2D eigenvalue weighted by molar-refractivity contribution is 9.10. The molecule has 1 N–H and O–H groups in total. The molecule has 0 aliphatic heterocycles. The van der Waals surface area contributed by atoms with Crippen molar-refractivity contribution in [3.63, 3.8) is 0 Å². The van der Waals surface area contributed by atoms with Crippen molar-refractivity contribution in [2.24, 2.45) is 5.10 Å². The summed E-state index contributed by atoms with van der Waals surface area (Å²) >= 11 is 3.29. The fraction of sp³-hybridized carbons (Fsp3) is 0.222. The first-order valence-electron chi connectivity index (χ1n) is 8.00. The Morgan fingerprint density at radius 2 is 1.85 bits per heavy atom. The molecule has 0 saturated heterocycles. The van der Waals surface area contributed by atoms with Crippen molar-refractivity contribution >= 4 is 43.4 Å². The highest BCUT2D eigenvalue weighted by Crippen LogP contribution is 2.34. The summed E-state index contributed by atoms with van der Waals surface area (Å²) < 4.78 is 31.2. The first kappa shape index (κ1) is 20.9. The monoisotopic (exact) mass is 454 g/mol. The molecule has 144 valence electrons. The number of carbonyl (C=O) groups is 1. The van der Waals surface area contributed by atoms with Gasteiger partial charge in [0.25, 0.3) is 0 Å². The molecular weight excluding hydrogens is 436 g/mol. The third kappa shape index (κ3) is 5.30. The van der Waals surface area contributed by atoms with E-state index in [2.05, 4.69) is 21.0 Å². The Morgan fingerprint density at radius 3 is 2.41 bits per heavy atom. The van der Waals surface area contributed by atoms with Crippen molar-refractivity contribution in [3.05, 3.63) is 52.5 Å². The fourth-order valence-corrected chi connectivity index (χ4v) is 3.43. The molecule has 0 bridgehead atoms. The number of aryl methyl sites for hydroxylation is 1. The predicted molar refractivity (Wildman–Crippen MR) is 107 cm³/mol. The lowest BCUT2D eigenvalue weighted by Gasteiger charge is -2.21. The standard InChI is InChI=1S/C18H19BrN2O5S/c1-4-21(20-13(3)18(22)23)16-10-7-14(19)11-17(16)26-27(24,25)15-8-5-12(2)6-9-15/h5-11H,4H2,1-3H3,(H,22,23). The molecule has 2 aromatic carbocycles. The normalized spacial score (nSPS) is 11.9. The van der Waals surface area contributed by atoms with Crippen LogP contribution < -0.4 is 9.19 Å². The van der Waals surface area contributed by atoms with Crippen molar-refractivity contribution in [2.45, 2.75) is 25.7 Å². The van der Waals surface area contributed by atoms with Gasteiger partial charge in [0.15, 0.2) is 5.75 Å². The third-order valence-electron chi connectivity index (χ3n) is 3.59. The molecule has 7 nitrogen and oxygen atoms in total. The van der Waals surface area contributed by atoms with E-state index in [0.29, 0.717) is 16.7 Å². The smallest absolute Gasteiger partial charge is 0.351 e. The van der Waals surface area contributed by atoms with Gasteiger partial charge in [-0.1, -0.05) is 33.6 Å². The van der Waals surface area contributed by atoms with Crippen LogP contribution in [0, 0.1) is 6.92 Å². The van der Waals surface area contributed by atoms with Gasteiger partial charge < -0.3 is 9.29 Å². The molecule has 0 atom stereocenters. The minimum atomic E-state index is -4.07. The Bertz CT molecular complexity index is 972. The van der Waals surface area contributed by atoms with Crippen LogP contribution in [0.1, 0.15) is 19.4 Å². The molecule has 0 aliphatic rings. The molecule has 0 aliphatic carbocycles. The number of hydrazone groups is 1. The SMILES string of the molecule is CCN(N=C(C)C(=O)O)c1ccc(Br)cc1OS(=O)(=O)c1ccc(C)cc1. The summed E-state index contributed by atoms with van der Waals surface area (Å²) in [6.45, 7) is 5.28. The number of hydrogen-bond donors (Lipinski definition) is 1. The summed E-state index contributed by atoms with van der Waals surface area (Å²) in [5.41, 5.74) is 1.12. The molecular formula is C18H19BrN2O5S. The Morgan fingerprint density at radius 1 is 1.22 bits per heavy atom. The van der Waals surface area contributed by atoms with Crippen LogP contribution in [0.25, 0.3) is 0 Å².